The van der Waals surface area contributed by atoms with Crippen molar-refractivity contribution in [2.45, 2.75) is 39.5 Å². The molecule has 1 amide bonds. The second kappa shape index (κ2) is 8.79. The summed E-state index contributed by atoms with van der Waals surface area (Å²) in [7, 11) is 0. The number of ether oxygens (including phenoxy) is 1. The molecule has 1 aliphatic heterocycles. The number of aromatic amines is 1. The van der Waals surface area contributed by atoms with Crippen LogP contribution < -0.4 is 10.1 Å². The summed E-state index contributed by atoms with van der Waals surface area (Å²) in [6.45, 7) is 6.86. The van der Waals surface area contributed by atoms with Crippen molar-refractivity contribution in [2.24, 2.45) is 0 Å². The Morgan fingerprint density at radius 3 is 2.76 bits per heavy atom. The molecule has 5 nitrogen and oxygen atoms in total. The molecule has 2 aromatic rings. The molecule has 7 heteroatoms. The summed E-state index contributed by atoms with van der Waals surface area (Å²) in [5.74, 6) is 0.262. The number of amides is 1. The predicted molar refractivity (Wildman–Crippen MR) is 102 cm³/mol. The van der Waals surface area contributed by atoms with Crippen LogP contribution in [0.1, 0.15) is 44.4 Å². The maximum atomic E-state index is 12.2. The molecule has 1 atom stereocenters. The molecule has 0 aliphatic carbocycles. The predicted octanol–water partition coefficient (Wildman–Crippen LogP) is 4.04. The Morgan fingerprint density at radius 2 is 2.08 bits per heavy atom. The Morgan fingerprint density at radius 1 is 1.36 bits per heavy atom. The van der Waals surface area contributed by atoms with Crippen molar-refractivity contribution < 1.29 is 14.6 Å². The van der Waals surface area contributed by atoms with Crippen LogP contribution in [0.3, 0.4) is 0 Å². The van der Waals surface area contributed by atoms with E-state index in [1.54, 1.807) is 6.07 Å². The van der Waals surface area contributed by atoms with Gasteiger partial charge in [-0.2, -0.15) is 0 Å². The summed E-state index contributed by atoms with van der Waals surface area (Å²) in [4.78, 5) is 15.5. The number of hydrogen-bond acceptors (Lipinski definition) is 3. The lowest BCUT2D eigenvalue weighted by Gasteiger charge is -2.13. The van der Waals surface area contributed by atoms with Gasteiger partial charge < -0.3 is 20.1 Å². The number of aliphatic hydroxyl groups is 1. The Balaban J connectivity index is 0.00000109. The van der Waals surface area contributed by atoms with Gasteiger partial charge in [0.1, 0.15) is 5.75 Å². The lowest BCUT2D eigenvalue weighted by Crippen LogP contribution is -2.26. The molecule has 1 unspecified atom stereocenters. The van der Waals surface area contributed by atoms with Gasteiger partial charge in [0.15, 0.2) is 0 Å². The van der Waals surface area contributed by atoms with Crippen molar-refractivity contribution in [2.75, 3.05) is 19.8 Å². The number of H-pyrrole nitrogens is 1. The number of halogens is 2. The van der Waals surface area contributed by atoms with E-state index < -0.39 is 0 Å². The fourth-order valence-electron chi connectivity index (χ4n) is 2.99. The lowest BCUT2D eigenvalue weighted by molar-refractivity contribution is -0.121. The van der Waals surface area contributed by atoms with Crippen LogP contribution in [0.4, 0.5) is 0 Å². The van der Waals surface area contributed by atoms with Gasteiger partial charge >= 0.3 is 0 Å². The van der Waals surface area contributed by atoms with Gasteiger partial charge in [0.05, 0.1) is 28.1 Å². The first-order valence-electron chi connectivity index (χ1n) is 8.58. The van der Waals surface area contributed by atoms with Gasteiger partial charge in [-0.25, -0.2) is 0 Å². The zero-order chi connectivity index (χ0) is 18.6. The smallest absolute Gasteiger partial charge is 0.227 e. The van der Waals surface area contributed by atoms with Crippen LogP contribution in [0.15, 0.2) is 6.07 Å². The second-order valence-corrected chi connectivity index (χ2v) is 6.41. The molecule has 25 heavy (non-hydrogen) atoms. The number of fused-ring (bicyclic) bond motifs is 3. The molecule has 1 aromatic heterocycles. The van der Waals surface area contributed by atoms with Gasteiger partial charge in [-0.1, -0.05) is 37.0 Å². The topological polar surface area (TPSA) is 74.4 Å². The highest BCUT2D eigenvalue weighted by molar-refractivity contribution is 6.45. The van der Waals surface area contributed by atoms with Crippen LogP contribution in [-0.4, -0.2) is 35.8 Å². The summed E-state index contributed by atoms with van der Waals surface area (Å²) in [6, 6.07) is 1.67. The summed E-state index contributed by atoms with van der Waals surface area (Å²) >= 11 is 12.6. The van der Waals surface area contributed by atoms with Crippen LogP contribution in [0.2, 0.25) is 10.0 Å². The Bertz CT molecular complexity index is 759. The maximum Gasteiger partial charge on any atom is 0.227 e. The first-order chi connectivity index (χ1) is 12.0. The highest BCUT2D eigenvalue weighted by atomic mass is 35.5. The van der Waals surface area contributed by atoms with Crippen molar-refractivity contribution in [3.63, 3.8) is 0 Å². The minimum Gasteiger partial charge on any atom is -0.493 e. The van der Waals surface area contributed by atoms with Crippen molar-refractivity contribution >= 4 is 40.0 Å². The average Bonchev–Trinajstić information content (AvgIpc) is 2.94. The van der Waals surface area contributed by atoms with Gasteiger partial charge in [-0.3, -0.25) is 4.79 Å². The van der Waals surface area contributed by atoms with Gasteiger partial charge in [0.2, 0.25) is 5.91 Å². The van der Waals surface area contributed by atoms with E-state index in [-0.39, 0.29) is 18.4 Å². The van der Waals surface area contributed by atoms with E-state index in [2.05, 4.69) is 10.3 Å². The molecule has 1 aliphatic rings. The van der Waals surface area contributed by atoms with Crippen LogP contribution in [-0.2, 0) is 11.2 Å². The van der Waals surface area contributed by atoms with E-state index in [1.807, 2.05) is 20.8 Å². The summed E-state index contributed by atoms with van der Waals surface area (Å²) in [5, 5.41) is 13.5. The molecule has 0 radical (unpaired) electrons. The molecule has 0 bridgehead atoms. The molecule has 0 fully saturated rings. The molecular formula is C18H24Cl2N2O3. The van der Waals surface area contributed by atoms with Crippen molar-refractivity contribution in [3.05, 3.63) is 27.4 Å². The molecule has 138 valence electrons. The van der Waals surface area contributed by atoms with E-state index >= 15 is 0 Å². The highest BCUT2D eigenvalue weighted by Crippen LogP contribution is 2.43. The zero-order valence-corrected chi connectivity index (χ0v) is 16.2. The van der Waals surface area contributed by atoms with E-state index in [0.29, 0.717) is 47.3 Å². The number of nitrogens with one attached hydrogen (secondary N) is 2. The molecule has 2 heterocycles. The molecule has 0 spiro atoms. The Hall–Kier alpha value is -1.43. The number of aromatic nitrogens is 1. The largest absolute Gasteiger partial charge is 0.493 e. The number of rotatable bonds is 4. The van der Waals surface area contributed by atoms with Crippen molar-refractivity contribution in [1.82, 2.24) is 10.3 Å². The SMILES string of the molecule is CC.CC1C(=O)NCCc2[nH]c3c(Cl)c(Cl)cc(OCCCO)c3c21. The van der Waals surface area contributed by atoms with Gasteiger partial charge in [0.25, 0.3) is 0 Å². The second-order valence-electron chi connectivity index (χ2n) is 5.63. The van der Waals surface area contributed by atoms with Crippen LogP contribution in [0.5, 0.6) is 5.75 Å². The average molecular weight is 387 g/mol. The Labute approximate surface area is 157 Å². The maximum absolute atomic E-state index is 12.2. The summed E-state index contributed by atoms with van der Waals surface area (Å²) in [6.07, 6.45) is 1.22. The van der Waals surface area contributed by atoms with Crippen molar-refractivity contribution in [1.29, 1.82) is 0 Å². The van der Waals surface area contributed by atoms with E-state index in [9.17, 15) is 4.79 Å². The summed E-state index contributed by atoms with van der Waals surface area (Å²) < 4.78 is 5.79. The fraction of sp³-hybridized carbons (Fsp3) is 0.500. The third kappa shape index (κ3) is 3.89. The van der Waals surface area contributed by atoms with Gasteiger partial charge in [-0.15, -0.1) is 0 Å². The van der Waals surface area contributed by atoms with E-state index in [1.165, 1.54) is 0 Å². The van der Waals surface area contributed by atoms with Gasteiger partial charge in [0, 0.05) is 43.1 Å². The molecule has 3 N–H and O–H groups in total. The normalized spacial score (nSPS) is 16.6. The lowest BCUT2D eigenvalue weighted by atomic mass is 9.96. The fourth-order valence-corrected chi connectivity index (χ4v) is 3.38. The minimum absolute atomic E-state index is 0.0166. The summed E-state index contributed by atoms with van der Waals surface area (Å²) in [5.41, 5.74) is 2.58. The highest BCUT2D eigenvalue weighted by Gasteiger charge is 2.29. The van der Waals surface area contributed by atoms with Crippen LogP contribution >= 0.6 is 23.2 Å². The number of carbonyl (C=O) groups is 1. The number of carbonyl (C=O) groups excluding carboxylic acids is 1. The van der Waals surface area contributed by atoms with E-state index in [4.69, 9.17) is 33.0 Å². The number of aliphatic hydroxyl groups excluding tert-OH is 1. The third-order valence-corrected chi connectivity index (χ3v) is 4.90. The minimum atomic E-state index is -0.307. The van der Waals surface area contributed by atoms with Crippen molar-refractivity contribution in [3.8, 4) is 5.75 Å². The first kappa shape index (κ1) is 19.9. The molecule has 0 saturated heterocycles. The molecule has 1 aromatic carbocycles. The van der Waals surface area contributed by atoms with Crippen LogP contribution in [0.25, 0.3) is 10.9 Å². The molecular weight excluding hydrogens is 363 g/mol. The Kier molecular flexibility index (Phi) is 6.99. The standard InChI is InChI=1S/C16H18Cl2N2O3.C2H6/c1-8-12-10(3-4-19-16(8)22)20-15-13(12)11(23-6-2-5-21)7-9(17)14(15)18;1-2/h7-8,20-21H,2-6H2,1H3,(H,19,22);1-2H3. The zero-order valence-electron chi connectivity index (χ0n) is 14.7. The number of hydrogen-bond donors (Lipinski definition) is 3. The van der Waals surface area contributed by atoms with Gasteiger partial charge in [-0.05, 0) is 12.5 Å². The number of benzene rings is 1. The first-order valence-corrected chi connectivity index (χ1v) is 9.34. The third-order valence-electron chi connectivity index (χ3n) is 4.11. The molecule has 3 rings (SSSR count). The quantitative estimate of drug-likeness (QED) is 0.694. The van der Waals surface area contributed by atoms with Crippen LogP contribution in [0, 0.1) is 0 Å². The van der Waals surface area contributed by atoms with E-state index in [0.717, 1.165) is 16.6 Å². The molecule has 0 saturated carbocycles. The monoisotopic (exact) mass is 386 g/mol.